The number of hydrogen-bond acceptors (Lipinski definition) is 3. The fourth-order valence-electron chi connectivity index (χ4n) is 6.23. The van der Waals surface area contributed by atoms with Crippen LogP contribution in [0.5, 0.6) is 0 Å². The van der Waals surface area contributed by atoms with Gasteiger partial charge in [0.05, 0.1) is 12.2 Å². The highest BCUT2D eigenvalue weighted by Crippen LogP contribution is 2.61. The van der Waals surface area contributed by atoms with Crippen LogP contribution in [-0.2, 0) is 4.79 Å². The summed E-state index contributed by atoms with van der Waals surface area (Å²) in [5.41, 5.74) is 1.21. The van der Waals surface area contributed by atoms with Crippen LogP contribution < -0.4 is 0 Å². The Kier molecular flexibility index (Phi) is 3.10. The summed E-state index contributed by atoms with van der Waals surface area (Å²) in [7, 11) is 0. The van der Waals surface area contributed by atoms with E-state index < -0.39 is 0 Å². The Bertz CT molecular complexity index is 497. The average molecular weight is 290 g/mol. The highest BCUT2D eigenvalue weighted by Gasteiger charge is 2.58. The molecule has 0 radical (unpaired) electrons. The number of rotatable bonds is 0. The number of carbonyl (C=O) groups excluding carboxylic acids is 1. The second kappa shape index (κ2) is 4.66. The fraction of sp³-hybridized carbons (Fsp3) is 0.833. The third-order valence-electron chi connectivity index (χ3n) is 7.22. The molecule has 0 saturated heterocycles. The van der Waals surface area contributed by atoms with Gasteiger partial charge in [-0.2, -0.15) is 0 Å². The smallest absolute Gasteiger partial charge is 0.155 e. The Morgan fingerprint density at radius 1 is 1.14 bits per heavy atom. The van der Waals surface area contributed by atoms with Crippen LogP contribution in [0.4, 0.5) is 0 Å². The van der Waals surface area contributed by atoms with Crippen molar-refractivity contribution in [1.29, 1.82) is 0 Å². The second-order valence-electron chi connectivity index (χ2n) is 8.09. The third-order valence-corrected chi connectivity index (χ3v) is 7.22. The molecule has 0 bridgehead atoms. The molecule has 4 aliphatic carbocycles. The quantitative estimate of drug-likeness (QED) is 0.720. The van der Waals surface area contributed by atoms with E-state index in [0.29, 0.717) is 30.1 Å². The van der Waals surface area contributed by atoms with Crippen LogP contribution in [0.15, 0.2) is 11.6 Å². The molecule has 0 aromatic carbocycles. The van der Waals surface area contributed by atoms with E-state index in [1.807, 2.05) is 6.08 Å². The molecule has 116 valence electrons. The van der Waals surface area contributed by atoms with Crippen LogP contribution in [0.2, 0.25) is 0 Å². The van der Waals surface area contributed by atoms with Gasteiger partial charge in [0.1, 0.15) is 0 Å². The number of carbonyl (C=O) groups is 1. The number of allylic oxidation sites excluding steroid dienone is 1. The molecule has 0 amide bonds. The summed E-state index contributed by atoms with van der Waals surface area (Å²) in [5.74, 6) is 2.10. The van der Waals surface area contributed by atoms with Gasteiger partial charge in [-0.25, -0.2) is 0 Å². The largest absolute Gasteiger partial charge is 0.393 e. The van der Waals surface area contributed by atoms with E-state index in [1.165, 1.54) is 5.57 Å². The molecule has 1 unspecified atom stereocenters. The van der Waals surface area contributed by atoms with Gasteiger partial charge in [-0.3, -0.25) is 4.79 Å². The minimum absolute atomic E-state index is 0.0910. The molecule has 0 aromatic heterocycles. The van der Waals surface area contributed by atoms with Crippen molar-refractivity contribution in [3.8, 4) is 0 Å². The van der Waals surface area contributed by atoms with E-state index in [1.54, 1.807) is 0 Å². The van der Waals surface area contributed by atoms with E-state index >= 15 is 0 Å². The van der Waals surface area contributed by atoms with Crippen LogP contribution >= 0.6 is 0 Å². The van der Waals surface area contributed by atoms with E-state index in [2.05, 4.69) is 6.92 Å². The topological polar surface area (TPSA) is 57.5 Å². The first-order valence-electron chi connectivity index (χ1n) is 8.60. The first-order chi connectivity index (χ1) is 10.0. The lowest BCUT2D eigenvalue weighted by Gasteiger charge is -2.55. The second-order valence-corrected chi connectivity index (χ2v) is 8.09. The maximum atomic E-state index is 11.7. The molecule has 0 aliphatic heterocycles. The molecule has 4 rings (SSSR count). The Labute approximate surface area is 126 Å². The van der Waals surface area contributed by atoms with Crippen LogP contribution in [0.3, 0.4) is 0 Å². The predicted octanol–water partition coefficient (Wildman–Crippen LogP) is 2.46. The van der Waals surface area contributed by atoms with Gasteiger partial charge < -0.3 is 10.2 Å². The van der Waals surface area contributed by atoms with E-state index in [9.17, 15) is 15.0 Å². The fourth-order valence-corrected chi connectivity index (χ4v) is 6.23. The molecule has 3 saturated carbocycles. The summed E-state index contributed by atoms with van der Waals surface area (Å²) in [6.45, 7) is 2.19. The molecular weight excluding hydrogens is 264 g/mol. The van der Waals surface area contributed by atoms with Crippen molar-refractivity contribution in [2.45, 2.75) is 64.1 Å². The lowest BCUT2D eigenvalue weighted by atomic mass is 9.51. The Hall–Kier alpha value is -0.670. The predicted molar refractivity (Wildman–Crippen MR) is 79.5 cm³/mol. The Morgan fingerprint density at radius 3 is 2.76 bits per heavy atom. The molecule has 7 atom stereocenters. The molecule has 2 N–H and O–H groups in total. The van der Waals surface area contributed by atoms with Gasteiger partial charge >= 0.3 is 0 Å². The minimum Gasteiger partial charge on any atom is -0.393 e. The van der Waals surface area contributed by atoms with Gasteiger partial charge in [0.25, 0.3) is 0 Å². The zero-order valence-electron chi connectivity index (χ0n) is 12.8. The Balaban J connectivity index is 1.68. The average Bonchev–Trinajstić information content (AvgIpc) is 2.74. The maximum absolute atomic E-state index is 11.7. The normalized spacial score (nSPS) is 52.7. The van der Waals surface area contributed by atoms with Crippen LogP contribution in [0.25, 0.3) is 0 Å². The molecule has 4 aliphatic rings. The number of aliphatic hydroxyl groups is 2. The molecule has 21 heavy (non-hydrogen) atoms. The zero-order chi connectivity index (χ0) is 14.8. The lowest BCUT2D eigenvalue weighted by Crippen LogP contribution is -2.53. The highest BCUT2D eigenvalue weighted by atomic mass is 16.3. The zero-order valence-corrected chi connectivity index (χ0v) is 12.8. The van der Waals surface area contributed by atoms with Crippen LogP contribution in [-0.4, -0.2) is 28.2 Å². The van der Waals surface area contributed by atoms with Gasteiger partial charge in [0.2, 0.25) is 0 Å². The standard InChI is InChI=1S/C18H26O3/c1-18-9-15(20)17-12-5-3-11(19)8-10(12)2-4-13(17)14(18)6-7-16(18)21/h8,12-17,20-21H,2-7,9H2,1H3/t12-,13-,14-,15+,16-,17?,18-/m0/s1. The summed E-state index contributed by atoms with van der Waals surface area (Å²) < 4.78 is 0. The van der Waals surface area contributed by atoms with E-state index in [-0.39, 0.29) is 23.4 Å². The molecular formula is C18H26O3. The molecule has 3 heteroatoms. The van der Waals surface area contributed by atoms with E-state index in [4.69, 9.17) is 0 Å². The van der Waals surface area contributed by atoms with Crippen molar-refractivity contribution >= 4 is 5.78 Å². The van der Waals surface area contributed by atoms with Crippen molar-refractivity contribution < 1.29 is 15.0 Å². The number of hydrogen-bond donors (Lipinski definition) is 2. The molecule has 3 nitrogen and oxygen atoms in total. The maximum Gasteiger partial charge on any atom is 0.155 e. The van der Waals surface area contributed by atoms with Crippen LogP contribution in [0, 0.1) is 29.1 Å². The van der Waals surface area contributed by atoms with Crippen molar-refractivity contribution in [2.24, 2.45) is 29.1 Å². The highest BCUT2D eigenvalue weighted by molar-refractivity contribution is 5.91. The summed E-state index contributed by atoms with van der Waals surface area (Å²) in [6.07, 6.45) is 7.72. The summed E-state index contributed by atoms with van der Waals surface area (Å²) in [6, 6.07) is 0. The molecule has 0 spiro atoms. The number of aliphatic hydroxyl groups excluding tert-OH is 2. The van der Waals surface area contributed by atoms with E-state index in [0.717, 1.165) is 38.5 Å². The monoisotopic (exact) mass is 290 g/mol. The first kappa shape index (κ1) is 14.0. The van der Waals surface area contributed by atoms with Gasteiger partial charge in [-0.15, -0.1) is 0 Å². The van der Waals surface area contributed by atoms with Crippen molar-refractivity contribution in [3.05, 3.63) is 11.6 Å². The van der Waals surface area contributed by atoms with Gasteiger partial charge in [0, 0.05) is 6.42 Å². The van der Waals surface area contributed by atoms with Gasteiger partial charge in [-0.1, -0.05) is 12.5 Å². The summed E-state index contributed by atoms with van der Waals surface area (Å²) in [4.78, 5) is 11.7. The first-order valence-corrected chi connectivity index (χ1v) is 8.60. The molecule has 0 heterocycles. The Morgan fingerprint density at radius 2 is 1.95 bits per heavy atom. The number of ketones is 1. The van der Waals surface area contributed by atoms with Crippen molar-refractivity contribution in [3.63, 3.8) is 0 Å². The third kappa shape index (κ3) is 1.90. The van der Waals surface area contributed by atoms with Gasteiger partial charge in [0.15, 0.2) is 5.78 Å². The van der Waals surface area contributed by atoms with Gasteiger partial charge in [-0.05, 0) is 73.7 Å². The van der Waals surface area contributed by atoms with Crippen molar-refractivity contribution in [2.75, 3.05) is 0 Å². The summed E-state index contributed by atoms with van der Waals surface area (Å²) >= 11 is 0. The minimum atomic E-state index is -0.314. The number of fused-ring (bicyclic) bond motifs is 5. The molecule has 3 fully saturated rings. The lowest BCUT2D eigenvalue weighted by molar-refractivity contribution is -0.125. The van der Waals surface area contributed by atoms with Crippen molar-refractivity contribution in [1.82, 2.24) is 0 Å². The summed E-state index contributed by atoms with van der Waals surface area (Å²) in [5, 5.41) is 21.2. The van der Waals surface area contributed by atoms with Crippen LogP contribution in [0.1, 0.15) is 51.9 Å². The molecule has 0 aromatic rings. The SMILES string of the molecule is C[C@]12C[C@@H](O)C3[C@@H](CCC4=CC(=O)CC[C@@H]43)[C@@H]1CC[C@@H]2O.